The minimum absolute atomic E-state index is 0.0974. The van der Waals surface area contributed by atoms with Crippen LogP contribution < -0.4 is 15.4 Å². The van der Waals surface area contributed by atoms with E-state index < -0.39 is 34.0 Å². The highest BCUT2D eigenvalue weighted by molar-refractivity contribution is 7.92. The van der Waals surface area contributed by atoms with Crippen molar-refractivity contribution in [3.8, 4) is 0 Å². The molecule has 1 unspecified atom stereocenters. The highest BCUT2D eigenvalue weighted by atomic mass is 32.2. The Kier molecular flexibility index (Phi) is 6.62. The molecule has 0 aliphatic carbocycles. The van der Waals surface area contributed by atoms with E-state index in [1.165, 1.54) is 24.3 Å². The van der Waals surface area contributed by atoms with Gasteiger partial charge < -0.3 is 20.1 Å². The SMILES string of the molecule is CCOC(=O)C1=C(COC(=O)c2cccc(NS(C)(=O)=O)c2)NC(=O)NC1C. The van der Waals surface area contributed by atoms with Gasteiger partial charge in [-0.05, 0) is 32.0 Å². The molecule has 10 nitrogen and oxygen atoms in total. The molecule has 28 heavy (non-hydrogen) atoms. The molecule has 0 aromatic heterocycles. The van der Waals surface area contributed by atoms with Gasteiger partial charge in [-0.1, -0.05) is 6.07 Å². The normalized spacial score (nSPS) is 16.7. The Hall–Kier alpha value is -3.08. The third-order valence-corrected chi connectivity index (χ3v) is 4.22. The Labute approximate surface area is 162 Å². The topological polar surface area (TPSA) is 140 Å². The lowest BCUT2D eigenvalue weighted by Gasteiger charge is -2.26. The Balaban J connectivity index is 2.17. The molecular formula is C17H21N3O7S. The van der Waals surface area contributed by atoms with Gasteiger partial charge in [-0.15, -0.1) is 0 Å². The van der Waals surface area contributed by atoms with Crippen LogP contribution in [-0.4, -0.2) is 51.9 Å². The molecule has 1 aromatic rings. The van der Waals surface area contributed by atoms with E-state index in [2.05, 4.69) is 15.4 Å². The zero-order valence-corrected chi connectivity index (χ0v) is 16.4. The first-order valence-corrected chi connectivity index (χ1v) is 10.2. The highest BCUT2D eigenvalue weighted by Gasteiger charge is 2.30. The second-order valence-corrected chi connectivity index (χ2v) is 7.71. The monoisotopic (exact) mass is 411 g/mol. The van der Waals surface area contributed by atoms with E-state index in [1.54, 1.807) is 13.8 Å². The Bertz CT molecular complexity index is 924. The summed E-state index contributed by atoms with van der Waals surface area (Å²) in [5.74, 6) is -1.39. The molecule has 2 amide bonds. The predicted octanol–water partition coefficient (Wildman–Crippen LogP) is 0.733. The van der Waals surface area contributed by atoms with Crippen molar-refractivity contribution in [1.29, 1.82) is 0 Å². The smallest absolute Gasteiger partial charge is 0.338 e. The van der Waals surface area contributed by atoms with Crippen molar-refractivity contribution in [2.75, 3.05) is 24.2 Å². The number of esters is 2. The van der Waals surface area contributed by atoms with E-state index in [-0.39, 0.29) is 35.7 Å². The van der Waals surface area contributed by atoms with E-state index >= 15 is 0 Å². The molecule has 0 radical (unpaired) electrons. The largest absolute Gasteiger partial charge is 0.463 e. The number of nitrogens with one attached hydrogen (secondary N) is 3. The molecule has 0 fully saturated rings. The molecule has 0 spiro atoms. The van der Waals surface area contributed by atoms with E-state index in [1.807, 2.05) is 0 Å². The number of amides is 2. The molecule has 2 rings (SSSR count). The minimum Gasteiger partial charge on any atom is -0.463 e. The molecule has 11 heteroatoms. The van der Waals surface area contributed by atoms with Gasteiger partial charge in [0.25, 0.3) is 0 Å². The van der Waals surface area contributed by atoms with Gasteiger partial charge in [-0.3, -0.25) is 4.72 Å². The van der Waals surface area contributed by atoms with E-state index in [4.69, 9.17) is 9.47 Å². The van der Waals surface area contributed by atoms with Crippen molar-refractivity contribution in [1.82, 2.24) is 10.6 Å². The first-order chi connectivity index (χ1) is 13.1. The van der Waals surface area contributed by atoms with Gasteiger partial charge in [-0.2, -0.15) is 0 Å². The van der Waals surface area contributed by atoms with Crippen LogP contribution in [0.1, 0.15) is 24.2 Å². The van der Waals surface area contributed by atoms with Crippen molar-refractivity contribution < 1.29 is 32.3 Å². The number of urea groups is 1. The van der Waals surface area contributed by atoms with Gasteiger partial charge in [-0.25, -0.2) is 22.8 Å². The van der Waals surface area contributed by atoms with Gasteiger partial charge in [0.2, 0.25) is 10.0 Å². The maximum absolute atomic E-state index is 12.3. The molecule has 1 aromatic carbocycles. The van der Waals surface area contributed by atoms with E-state index in [9.17, 15) is 22.8 Å². The lowest BCUT2D eigenvalue weighted by atomic mass is 10.0. The van der Waals surface area contributed by atoms with Gasteiger partial charge in [0.1, 0.15) is 6.61 Å². The minimum atomic E-state index is -3.50. The van der Waals surface area contributed by atoms with Crippen molar-refractivity contribution in [2.45, 2.75) is 19.9 Å². The van der Waals surface area contributed by atoms with Crippen molar-refractivity contribution in [3.63, 3.8) is 0 Å². The number of anilines is 1. The quantitative estimate of drug-likeness (QED) is 0.562. The number of hydrogen-bond acceptors (Lipinski definition) is 7. The molecule has 0 bridgehead atoms. The lowest BCUT2D eigenvalue weighted by Crippen LogP contribution is -2.50. The maximum atomic E-state index is 12.3. The fourth-order valence-corrected chi connectivity index (χ4v) is 3.09. The Morgan fingerprint density at radius 3 is 2.57 bits per heavy atom. The van der Waals surface area contributed by atoms with Gasteiger partial charge in [0, 0.05) is 5.69 Å². The zero-order chi connectivity index (χ0) is 20.9. The zero-order valence-electron chi connectivity index (χ0n) is 15.6. The number of carbonyl (C=O) groups excluding carboxylic acids is 3. The molecule has 0 saturated heterocycles. The van der Waals surface area contributed by atoms with Crippen molar-refractivity contribution in [2.24, 2.45) is 0 Å². The fraction of sp³-hybridized carbons (Fsp3) is 0.353. The summed E-state index contributed by atoms with van der Waals surface area (Å²) in [5, 5.41) is 4.98. The lowest BCUT2D eigenvalue weighted by molar-refractivity contribution is -0.139. The van der Waals surface area contributed by atoms with Crippen LogP contribution in [0.4, 0.5) is 10.5 Å². The molecule has 1 heterocycles. The number of hydrogen-bond donors (Lipinski definition) is 3. The van der Waals surface area contributed by atoms with Crippen LogP contribution in [0.2, 0.25) is 0 Å². The average molecular weight is 411 g/mol. The van der Waals surface area contributed by atoms with Gasteiger partial charge in [0.15, 0.2) is 0 Å². The summed E-state index contributed by atoms with van der Waals surface area (Å²) in [6.07, 6.45) is 0.988. The van der Waals surface area contributed by atoms with Crippen LogP contribution in [0.25, 0.3) is 0 Å². The van der Waals surface area contributed by atoms with Crippen molar-refractivity contribution >= 4 is 33.7 Å². The van der Waals surface area contributed by atoms with Gasteiger partial charge >= 0.3 is 18.0 Å². The Morgan fingerprint density at radius 1 is 1.21 bits per heavy atom. The molecule has 152 valence electrons. The number of sulfonamides is 1. The molecule has 1 aliphatic rings. The summed E-state index contributed by atoms with van der Waals surface area (Å²) in [4.78, 5) is 36.1. The summed E-state index contributed by atoms with van der Waals surface area (Å²) in [7, 11) is -3.50. The first-order valence-electron chi connectivity index (χ1n) is 8.33. The standard InChI is InChI=1S/C17H21N3O7S/c1-4-26-16(22)14-10(2)18-17(23)19-13(14)9-27-15(21)11-6-5-7-12(8-11)20-28(3,24)25/h5-8,10,20H,4,9H2,1-3H3,(H2,18,19,23). The number of benzene rings is 1. The molecule has 1 aliphatic heterocycles. The summed E-state index contributed by atoms with van der Waals surface area (Å²) in [6, 6.07) is 4.57. The molecule has 3 N–H and O–H groups in total. The number of carbonyl (C=O) groups is 3. The molecular weight excluding hydrogens is 390 g/mol. The van der Waals surface area contributed by atoms with Crippen LogP contribution in [0, 0.1) is 0 Å². The van der Waals surface area contributed by atoms with Crippen LogP contribution in [-0.2, 0) is 24.3 Å². The summed E-state index contributed by atoms with van der Waals surface area (Å²) >= 11 is 0. The summed E-state index contributed by atoms with van der Waals surface area (Å²) in [5.41, 5.74) is 0.572. The van der Waals surface area contributed by atoms with Gasteiger partial charge in [0.05, 0.1) is 35.7 Å². The number of ether oxygens (including phenoxy) is 2. The van der Waals surface area contributed by atoms with Crippen LogP contribution in [0.5, 0.6) is 0 Å². The van der Waals surface area contributed by atoms with Crippen molar-refractivity contribution in [3.05, 3.63) is 41.1 Å². The highest BCUT2D eigenvalue weighted by Crippen LogP contribution is 2.17. The fourth-order valence-electron chi connectivity index (χ4n) is 2.54. The third kappa shape index (κ3) is 5.71. The van der Waals surface area contributed by atoms with Crippen LogP contribution in [0.15, 0.2) is 35.5 Å². The second kappa shape index (κ2) is 8.74. The third-order valence-electron chi connectivity index (χ3n) is 3.61. The number of rotatable bonds is 7. The van der Waals surface area contributed by atoms with E-state index in [0.717, 1.165) is 6.26 Å². The van der Waals surface area contributed by atoms with Crippen LogP contribution >= 0.6 is 0 Å². The van der Waals surface area contributed by atoms with Crippen LogP contribution in [0.3, 0.4) is 0 Å². The first kappa shape index (κ1) is 21.2. The molecule has 1 atom stereocenters. The maximum Gasteiger partial charge on any atom is 0.338 e. The van der Waals surface area contributed by atoms with E-state index in [0.29, 0.717) is 0 Å². The Morgan fingerprint density at radius 2 is 1.93 bits per heavy atom. The predicted molar refractivity (Wildman–Crippen MR) is 100.0 cm³/mol. The summed E-state index contributed by atoms with van der Waals surface area (Å²) in [6.45, 7) is 3.03. The second-order valence-electron chi connectivity index (χ2n) is 5.96. The summed E-state index contributed by atoms with van der Waals surface area (Å²) < 4.78 is 35.0. The average Bonchev–Trinajstić information content (AvgIpc) is 2.58. The molecule has 0 saturated carbocycles.